The number of thiophene rings is 1. The molecule has 0 saturated heterocycles. The van der Waals surface area contributed by atoms with Crippen LogP contribution in [0, 0.1) is 23.2 Å². The molecule has 0 amide bonds. The topological polar surface area (TPSA) is 12.0 Å². The molecule has 2 heteroatoms. The minimum absolute atomic E-state index is 0.468. The first kappa shape index (κ1) is 16.0. The van der Waals surface area contributed by atoms with Crippen molar-refractivity contribution in [2.45, 2.75) is 53.4 Å². The fourth-order valence-corrected chi connectivity index (χ4v) is 4.35. The van der Waals surface area contributed by atoms with Crippen LogP contribution in [0.5, 0.6) is 0 Å². The fraction of sp³-hybridized carbons (Fsp3) is 0.778. The first-order chi connectivity index (χ1) is 9.50. The smallest absolute Gasteiger partial charge is 0.00179 e. The van der Waals surface area contributed by atoms with E-state index >= 15 is 0 Å². The summed E-state index contributed by atoms with van der Waals surface area (Å²) in [6.45, 7) is 11.8. The van der Waals surface area contributed by atoms with Crippen LogP contribution in [-0.2, 0) is 6.42 Å². The van der Waals surface area contributed by atoms with E-state index in [1.807, 2.05) is 11.3 Å². The molecule has 0 spiro atoms. The maximum atomic E-state index is 3.58. The molecule has 1 aromatic heterocycles. The van der Waals surface area contributed by atoms with Crippen molar-refractivity contribution < 1.29 is 0 Å². The van der Waals surface area contributed by atoms with E-state index < -0.39 is 0 Å². The molecule has 3 unspecified atom stereocenters. The molecular weight excluding hydrogens is 262 g/mol. The van der Waals surface area contributed by atoms with Gasteiger partial charge in [-0.25, -0.2) is 0 Å². The van der Waals surface area contributed by atoms with E-state index in [0.29, 0.717) is 5.41 Å². The number of hydrogen-bond donors (Lipinski definition) is 1. The highest BCUT2D eigenvalue weighted by molar-refractivity contribution is 7.07. The van der Waals surface area contributed by atoms with Crippen LogP contribution in [0.1, 0.15) is 52.5 Å². The second-order valence-electron chi connectivity index (χ2n) is 7.54. The summed E-state index contributed by atoms with van der Waals surface area (Å²) in [7, 11) is 0. The Morgan fingerprint density at radius 3 is 2.65 bits per heavy atom. The summed E-state index contributed by atoms with van der Waals surface area (Å²) in [5, 5.41) is 8.14. The van der Waals surface area contributed by atoms with Gasteiger partial charge in [0.25, 0.3) is 0 Å². The Kier molecular flexibility index (Phi) is 5.68. The highest BCUT2D eigenvalue weighted by atomic mass is 32.1. The lowest BCUT2D eigenvalue weighted by molar-refractivity contribution is 0.0974. The maximum absolute atomic E-state index is 3.58. The highest BCUT2D eigenvalue weighted by Gasteiger charge is 2.35. The zero-order valence-electron chi connectivity index (χ0n) is 13.6. The molecule has 20 heavy (non-hydrogen) atoms. The minimum atomic E-state index is 0.468. The van der Waals surface area contributed by atoms with Crippen molar-refractivity contribution in [3.63, 3.8) is 0 Å². The van der Waals surface area contributed by atoms with E-state index in [2.05, 4.69) is 49.8 Å². The molecule has 1 heterocycles. The van der Waals surface area contributed by atoms with Gasteiger partial charge in [0.05, 0.1) is 0 Å². The number of hydrogen-bond acceptors (Lipinski definition) is 2. The Morgan fingerprint density at radius 1 is 1.25 bits per heavy atom. The Balaban J connectivity index is 2.02. The van der Waals surface area contributed by atoms with Gasteiger partial charge in [0.1, 0.15) is 0 Å². The van der Waals surface area contributed by atoms with Crippen molar-refractivity contribution >= 4 is 11.3 Å². The largest absolute Gasteiger partial charge is 0.317 e. The molecule has 114 valence electrons. The molecule has 0 radical (unpaired) electrons. The van der Waals surface area contributed by atoms with Crippen LogP contribution >= 0.6 is 11.3 Å². The summed E-state index contributed by atoms with van der Waals surface area (Å²) in [5.41, 5.74) is 2.02. The van der Waals surface area contributed by atoms with Gasteiger partial charge in [-0.3, -0.25) is 0 Å². The minimum Gasteiger partial charge on any atom is -0.317 e. The molecule has 0 aliphatic heterocycles. The van der Waals surface area contributed by atoms with E-state index in [0.717, 1.165) is 24.3 Å². The summed E-state index contributed by atoms with van der Waals surface area (Å²) in [5.74, 6) is 2.62. The van der Waals surface area contributed by atoms with E-state index in [-0.39, 0.29) is 0 Å². The van der Waals surface area contributed by atoms with Crippen molar-refractivity contribution in [3.8, 4) is 0 Å². The van der Waals surface area contributed by atoms with Gasteiger partial charge in [-0.1, -0.05) is 27.7 Å². The van der Waals surface area contributed by atoms with E-state index in [4.69, 9.17) is 0 Å². The summed E-state index contributed by atoms with van der Waals surface area (Å²) in [6.07, 6.45) is 5.52. The van der Waals surface area contributed by atoms with Gasteiger partial charge < -0.3 is 5.32 Å². The zero-order chi connectivity index (χ0) is 14.6. The monoisotopic (exact) mass is 293 g/mol. The molecule has 1 aliphatic rings. The van der Waals surface area contributed by atoms with Crippen molar-refractivity contribution in [2.24, 2.45) is 23.2 Å². The molecule has 1 saturated carbocycles. The van der Waals surface area contributed by atoms with Crippen molar-refractivity contribution in [2.75, 3.05) is 13.1 Å². The second kappa shape index (κ2) is 7.09. The third kappa shape index (κ3) is 4.33. The van der Waals surface area contributed by atoms with Gasteiger partial charge in [-0.05, 0) is 84.3 Å². The second-order valence-corrected chi connectivity index (χ2v) is 8.32. The van der Waals surface area contributed by atoms with E-state index in [9.17, 15) is 0 Å². The molecule has 1 N–H and O–H groups in total. The van der Waals surface area contributed by atoms with Crippen LogP contribution < -0.4 is 5.32 Å². The lowest BCUT2D eigenvalue weighted by atomic mass is 9.64. The lowest BCUT2D eigenvalue weighted by Crippen LogP contribution is -2.37. The molecule has 0 aromatic carbocycles. The lowest BCUT2D eigenvalue weighted by Gasteiger charge is -2.42. The van der Waals surface area contributed by atoms with Gasteiger partial charge in [-0.15, -0.1) is 0 Å². The third-order valence-corrected chi connectivity index (χ3v) is 5.83. The number of nitrogens with one attached hydrogen (secondary N) is 1. The Hall–Kier alpha value is -0.340. The van der Waals surface area contributed by atoms with Crippen LogP contribution in [0.3, 0.4) is 0 Å². The molecule has 1 fully saturated rings. The van der Waals surface area contributed by atoms with Gasteiger partial charge in [0.15, 0.2) is 0 Å². The highest BCUT2D eigenvalue weighted by Crippen LogP contribution is 2.43. The molecule has 1 aromatic rings. The molecular formula is C18H31NS. The Labute approximate surface area is 129 Å². The fourth-order valence-electron chi connectivity index (χ4n) is 3.67. The Bertz CT molecular complexity index is 377. The van der Waals surface area contributed by atoms with Crippen molar-refractivity contribution in [3.05, 3.63) is 22.4 Å². The average molecular weight is 294 g/mol. The Morgan fingerprint density at radius 2 is 2.05 bits per heavy atom. The number of rotatable bonds is 5. The van der Waals surface area contributed by atoms with E-state index in [1.54, 1.807) is 5.56 Å². The zero-order valence-corrected chi connectivity index (χ0v) is 14.4. The van der Waals surface area contributed by atoms with Crippen LogP contribution in [0.4, 0.5) is 0 Å². The van der Waals surface area contributed by atoms with Crippen LogP contribution in [-0.4, -0.2) is 13.1 Å². The quantitative estimate of drug-likeness (QED) is 0.807. The first-order valence-corrected chi connectivity index (χ1v) is 9.16. The van der Waals surface area contributed by atoms with Gasteiger partial charge in [0.2, 0.25) is 0 Å². The van der Waals surface area contributed by atoms with E-state index in [1.165, 1.54) is 32.2 Å². The van der Waals surface area contributed by atoms with Gasteiger partial charge in [0, 0.05) is 0 Å². The summed E-state index contributed by atoms with van der Waals surface area (Å²) < 4.78 is 0. The maximum Gasteiger partial charge on any atom is -0.00179 e. The predicted octanol–water partition coefficient (Wildman–Crippen LogP) is 4.98. The SMILES string of the molecule is CCNCC1CCC(C(C)(C)C)CC1Cc1ccsc1. The van der Waals surface area contributed by atoms with Crippen LogP contribution in [0.2, 0.25) is 0 Å². The summed E-state index contributed by atoms with van der Waals surface area (Å²) in [6, 6.07) is 2.32. The summed E-state index contributed by atoms with van der Waals surface area (Å²) >= 11 is 1.84. The van der Waals surface area contributed by atoms with Gasteiger partial charge in [-0.2, -0.15) is 11.3 Å². The van der Waals surface area contributed by atoms with Crippen LogP contribution in [0.15, 0.2) is 16.8 Å². The molecule has 0 bridgehead atoms. The molecule has 1 nitrogen and oxygen atoms in total. The van der Waals surface area contributed by atoms with Crippen molar-refractivity contribution in [1.29, 1.82) is 0 Å². The normalized spacial score (nSPS) is 27.7. The van der Waals surface area contributed by atoms with Crippen molar-refractivity contribution in [1.82, 2.24) is 5.32 Å². The third-order valence-electron chi connectivity index (χ3n) is 5.10. The van der Waals surface area contributed by atoms with Gasteiger partial charge >= 0.3 is 0 Å². The molecule has 3 atom stereocenters. The molecule has 1 aliphatic carbocycles. The van der Waals surface area contributed by atoms with Crippen LogP contribution in [0.25, 0.3) is 0 Å². The summed E-state index contributed by atoms with van der Waals surface area (Å²) in [4.78, 5) is 0. The first-order valence-electron chi connectivity index (χ1n) is 8.22. The average Bonchev–Trinajstić information content (AvgIpc) is 2.89. The molecule has 2 rings (SSSR count). The predicted molar refractivity (Wildman–Crippen MR) is 90.3 cm³/mol. The standard InChI is InChI=1S/C18H31NS/c1-5-19-12-15-6-7-17(18(2,3)4)11-16(15)10-14-8-9-20-13-14/h8-9,13,15-17,19H,5-7,10-12H2,1-4H3.